The standard InChI is InChI=1S/C26H28N2O4/c1-29-20-12-14-21(15-13-20)32-19-26-27-24-10-3-4-11-25(24)28(26)16-5-6-17-31-23-9-7-8-22(18-23)30-2/h3-4,7-15,18H,5-6,16-17,19H2,1-2H3. The fourth-order valence-corrected chi connectivity index (χ4v) is 3.56. The molecule has 1 heterocycles. The van der Waals surface area contributed by atoms with Crippen LogP contribution in [-0.2, 0) is 13.2 Å². The summed E-state index contributed by atoms with van der Waals surface area (Å²) in [6.45, 7) is 1.90. The molecule has 6 heteroatoms. The predicted octanol–water partition coefficient (Wildman–Crippen LogP) is 5.49. The largest absolute Gasteiger partial charge is 0.497 e. The Kier molecular flexibility index (Phi) is 7.12. The van der Waals surface area contributed by atoms with Crippen molar-refractivity contribution in [1.29, 1.82) is 0 Å². The third-order valence-electron chi connectivity index (χ3n) is 5.25. The maximum absolute atomic E-state index is 5.99. The van der Waals surface area contributed by atoms with Crippen LogP contribution in [0.5, 0.6) is 23.0 Å². The van der Waals surface area contributed by atoms with Crippen molar-refractivity contribution in [2.75, 3.05) is 20.8 Å². The van der Waals surface area contributed by atoms with Gasteiger partial charge in [0.05, 0.1) is 31.9 Å². The van der Waals surface area contributed by atoms with Crippen LogP contribution in [0, 0.1) is 0 Å². The van der Waals surface area contributed by atoms with Gasteiger partial charge in [-0.2, -0.15) is 0 Å². The lowest BCUT2D eigenvalue weighted by atomic mass is 10.3. The Bertz CT molecular complexity index is 1140. The molecule has 0 saturated heterocycles. The average Bonchev–Trinajstić information content (AvgIpc) is 3.20. The molecule has 1 aromatic heterocycles. The van der Waals surface area contributed by atoms with Crippen molar-refractivity contribution in [1.82, 2.24) is 9.55 Å². The van der Waals surface area contributed by atoms with E-state index in [4.69, 9.17) is 23.9 Å². The van der Waals surface area contributed by atoms with Crippen molar-refractivity contribution in [3.63, 3.8) is 0 Å². The summed E-state index contributed by atoms with van der Waals surface area (Å²) in [5.41, 5.74) is 2.10. The minimum absolute atomic E-state index is 0.404. The number of methoxy groups -OCH3 is 2. The monoisotopic (exact) mass is 432 g/mol. The van der Waals surface area contributed by atoms with Crippen LogP contribution in [0.1, 0.15) is 18.7 Å². The van der Waals surface area contributed by atoms with E-state index in [0.717, 1.165) is 59.2 Å². The van der Waals surface area contributed by atoms with Crippen molar-refractivity contribution in [2.24, 2.45) is 0 Å². The summed E-state index contributed by atoms with van der Waals surface area (Å²) >= 11 is 0. The van der Waals surface area contributed by atoms with Gasteiger partial charge in [-0.1, -0.05) is 18.2 Å². The lowest BCUT2D eigenvalue weighted by Crippen LogP contribution is -2.09. The van der Waals surface area contributed by atoms with Crippen LogP contribution in [0.25, 0.3) is 11.0 Å². The number of aryl methyl sites for hydroxylation is 1. The number of para-hydroxylation sites is 2. The fourth-order valence-electron chi connectivity index (χ4n) is 3.56. The Morgan fingerprint density at radius 2 is 1.47 bits per heavy atom. The van der Waals surface area contributed by atoms with Crippen molar-refractivity contribution >= 4 is 11.0 Å². The van der Waals surface area contributed by atoms with Gasteiger partial charge in [-0.15, -0.1) is 0 Å². The molecule has 0 unspecified atom stereocenters. The summed E-state index contributed by atoms with van der Waals surface area (Å²) in [5.74, 6) is 4.13. The second-order valence-corrected chi connectivity index (χ2v) is 7.37. The van der Waals surface area contributed by atoms with Gasteiger partial charge in [0.15, 0.2) is 0 Å². The number of benzene rings is 3. The number of hydrogen-bond donors (Lipinski definition) is 0. The lowest BCUT2D eigenvalue weighted by Gasteiger charge is -2.11. The highest BCUT2D eigenvalue weighted by atomic mass is 16.5. The van der Waals surface area contributed by atoms with E-state index in [1.165, 1.54) is 0 Å². The molecule has 166 valence electrons. The van der Waals surface area contributed by atoms with Crippen LogP contribution in [-0.4, -0.2) is 30.4 Å². The number of imidazole rings is 1. The van der Waals surface area contributed by atoms with Crippen LogP contribution >= 0.6 is 0 Å². The summed E-state index contributed by atoms with van der Waals surface area (Å²) in [6, 6.07) is 23.5. The molecule has 6 nitrogen and oxygen atoms in total. The molecule has 4 rings (SSSR count). The number of aromatic nitrogens is 2. The first kappa shape index (κ1) is 21.6. The third-order valence-corrected chi connectivity index (χ3v) is 5.25. The summed E-state index contributed by atoms with van der Waals surface area (Å²) in [6.07, 6.45) is 1.91. The number of nitrogens with zero attached hydrogens (tertiary/aromatic N) is 2. The first-order valence-corrected chi connectivity index (χ1v) is 10.7. The number of rotatable bonds is 11. The minimum atomic E-state index is 0.404. The first-order valence-electron chi connectivity index (χ1n) is 10.7. The van der Waals surface area contributed by atoms with E-state index in [1.807, 2.05) is 66.7 Å². The Hall–Kier alpha value is -3.67. The van der Waals surface area contributed by atoms with Gasteiger partial charge in [-0.3, -0.25) is 0 Å². The molecule has 0 radical (unpaired) electrons. The lowest BCUT2D eigenvalue weighted by molar-refractivity contribution is 0.284. The molecule has 32 heavy (non-hydrogen) atoms. The minimum Gasteiger partial charge on any atom is -0.497 e. The van der Waals surface area contributed by atoms with Gasteiger partial charge >= 0.3 is 0 Å². The van der Waals surface area contributed by atoms with Crippen molar-refractivity contribution < 1.29 is 18.9 Å². The van der Waals surface area contributed by atoms with Gasteiger partial charge in [-0.05, 0) is 61.4 Å². The fraction of sp³-hybridized carbons (Fsp3) is 0.269. The van der Waals surface area contributed by atoms with Crippen molar-refractivity contribution in [3.8, 4) is 23.0 Å². The number of ether oxygens (including phenoxy) is 4. The van der Waals surface area contributed by atoms with Gasteiger partial charge in [0.25, 0.3) is 0 Å². The highest BCUT2D eigenvalue weighted by molar-refractivity contribution is 5.75. The van der Waals surface area contributed by atoms with Crippen molar-refractivity contribution in [2.45, 2.75) is 26.0 Å². The Labute approximate surface area is 188 Å². The topological polar surface area (TPSA) is 54.7 Å². The Balaban J connectivity index is 1.36. The summed E-state index contributed by atoms with van der Waals surface area (Å²) in [4.78, 5) is 4.80. The van der Waals surface area contributed by atoms with Gasteiger partial charge in [0.2, 0.25) is 0 Å². The molecular weight excluding hydrogens is 404 g/mol. The smallest absolute Gasteiger partial charge is 0.147 e. The highest BCUT2D eigenvalue weighted by Gasteiger charge is 2.11. The molecule has 0 aliphatic heterocycles. The molecule has 0 saturated carbocycles. The van der Waals surface area contributed by atoms with E-state index < -0.39 is 0 Å². The van der Waals surface area contributed by atoms with Crippen LogP contribution in [0.3, 0.4) is 0 Å². The van der Waals surface area contributed by atoms with Crippen LogP contribution in [0.4, 0.5) is 0 Å². The number of unbranched alkanes of at least 4 members (excludes halogenated alkanes) is 1. The normalized spacial score (nSPS) is 10.8. The van der Waals surface area contributed by atoms with Gasteiger partial charge < -0.3 is 23.5 Å². The maximum Gasteiger partial charge on any atom is 0.147 e. The summed E-state index contributed by atoms with van der Waals surface area (Å²) in [5, 5.41) is 0. The van der Waals surface area contributed by atoms with E-state index in [2.05, 4.69) is 10.6 Å². The molecule has 0 atom stereocenters. The molecule has 3 aromatic carbocycles. The zero-order valence-corrected chi connectivity index (χ0v) is 18.5. The van der Waals surface area contributed by atoms with Crippen molar-refractivity contribution in [3.05, 3.63) is 78.6 Å². The number of hydrogen-bond acceptors (Lipinski definition) is 5. The second-order valence-electron chi connectivity index (χ2n) is 7.37. The van der Waals surface area contributed by atoms with Gasteiger partial charge in [0.1, 0.15) is 35.4 Å². The second kappa shape index (κ2) is 10.6. The Morgan fingerprint density at radius 3 is 2.28 bits per heavy atom. The molecule has 0 amide bonds. The average molecular weight is 433 g/mol. The molecule has 0 aliphatic rings. The van der Waals surface area contributed by atoms with E-state index >= 15 is 0 Å². The van der Waals surface area contributed by atoms with Gasteiger partial charge in [-0.25, -0.2) is 4.98 Å². The van der Waals surface area contributed by atoms with E-state index in [9.17, 15) is 0 Å². The molecule has 4 aromatic rings. The molecule has 0 fully saturated rings. The SMILES string of the molecule is COc1ccc(OCc2nc3ccccc3n2CCCCOc2cccc(OC)c2)cc1. The van der Waals surface area contributed by atoms with E-state index in [-0.39, 0.29) is 0 Å². The molecule has 0 bridgehead atoms. The molecule has 0 aliphatic carbocycles. The van der Waals surface area contributed by atoms with Gasteiger partial charge in [0, 0.05) is 12.6 Å². The quantitative estimate of drug-likeness (QED) is 0.293. The van der Waals surface area contributed by atoms with Crippen LogP contribution in [0.2, 0.25) is 0 Å². The van der Waals surface area contributed by atoms with Crippen LogP contribution < -0.4 is 18.9 Å². The highest BCUT2D eigenvalue weighted by Crippen LogP contribution is 2.22. The zero-order chi connectivity index (χ0) is 22.2. The van der Waals surface area contributed by atoms with E-state index in [1.54, 1.807) is 14.2 Å². The molecular formula is C26H28N2O4. The predicted molar refractivity (Wildman–Crippen MR) is 125 cm³/mol. The maximum atomic E-state index is 5.99. The summed E-state index contributed by atoms with van der Waals surface area (Å²) in [7, 11) is 3.31. The number of fused-ring (bicyclic) bond motifs is 1. The Morgan fingerprint density at radius 1 is 0.719 bits per heavy atom. The summed E-state index contributed by atoms with van der Waals surface area (Å²) < 4.78 is 24.6. The molecule has 0 N–H and O–H groups in total. The zero-order valence-electron chi connectivity index (χ0n) is 18.5. The third kappa shape index (κ3) is 5.32. The first-order chi connectivity index (χ1) is 15.8. The van der Waals surface area contributed by atoms with E-state index in [0.29, 0.717) is 13.2 Å². The molecule has 0 spiro atoms. The van der Waals surface area contributed by atoms with Crippen LogP contribution in [0.15, 0.2) is 72.8 Å².